The minimum absolute atomic E-state index is 0.0349. The topological polar surface area (TPSA) is 26.3 Å². The van der Waals surface area contributed by atoms with Gasteiger partial charge in [-0.05, 0) is 12.5 Å². The Morgan fingerprint density at radius 3 is 2.67 bits per heavy atom. The number of esters is 1. The molecule has 1 aliphatic carbocycles. The molecule has 18 heavy (non-hydrogen) atoms. The van der Waals surface area contributed by atoms with Crippen LogP contribution in [-0.2, 0) is 9.53 Å². The third kappa shape index (κ3) is 2.70. The van der Waals surface area contributed by atoms with Crippen LogP contribution in [0.25, 0.3) is 0 Å². The first-order valence-electron chi connectivity index (χ1n) is 5.85. The van der Waals surface area contributed by atoms with E-state index < -0.39 is 4.33 Å². The lowest BCUT2D eigenvalue weighted by atomic mass is 10.1. The second-order valence-corrected chi connectivity index (χ2v) is 5.64. The summed E-state index contributed by atoms with van der Waals surface area (Å²) < 4.78 is 3.99. The quantitative estimate of drug-likeness (QED) is 0.479. The summed E-state index contributed by atoms with van der Waals surface area (Å²) >= 11 is 12.5. The Labute approximate surface area is 117 Å². The predicted octanol–water partition coefficient (Wildman–Crippen LogP) is 3.69. The van der Waals surface area contributed by atoms with Gasteiger partial charge in [-0.3, -0.25) is 0 Å². The highest BCUT2D eigenvalue weighted by atomic mass is 35.5. The van der Waals surface area contributed by atoms with Gasteiger partial charge in [0, 0.05) is 17.9 Å². The molecule has 2 rings (SSSR count). The van der Waals surface area contributed by atoms with Gasteiger partial charge < -0.3 is 4.74 Å². The van der Waals surface area contributed by atoms with Gasteiger partial charge >= 0.3 is 5.97 Å². The van der Waals surface area contributed by atoms with Crippen LogP contribution in [0.3, 0.4) is 0 Å². The van der Waals surface area contributed by atoms with Gasteiger partial charge in [-0.25, -0.2) is 4.79 Å². The Morgan fingerprint density at radius 2 is 2.06 bits per heavy atom. The number of halogens is 2. The van der Waals surface area contributed by atoms with E-state index in [9.17, 15) is 4.79 Å². The molecule has 0 N–H and O–H groups in total. The standard InChI is InChI=1S/C14H14Cl2O2/c1-2-18-12(17)9-8-11-13(14(11,15)16)10-6-4-3-5-7-10/h3-9,11,13H,2H2,1H3/b9-8+. The molecule has 1 fully saturated rings. The molecule has 1 aromatic carbocycles. The number of rotatable bonds is 4. The number of hydrogen-bond donors (Lipinski definition) is 0. The summed E-state index contributed by atoms with van der Waals surface area (Å²) in [5, 5.41) is 0. The van der Waals surface area contributed by atoms with E-state index in [0.717, 1.165) is 5.56 Å². The van der Waals surface area contributed by atoms with Crippen LogP contribution in [-0.4, -0.2) is 16.9 Å². The second-order valence-electron chi connectivity index (χ2n) is 4.20. The fourth-order valence-corrected chi connectivity index (χ4v) is 2.85. The third-order valence-electron chi connectivity index (χ3n) is 2.99. The van der Waals surface area contributed by atoms with Gasteiger partial charge in [-0.1, -0.05) is 36.4 Å². The lowest BCUT2D eigenvalue weighted by molar-refractivity contribution is -0.137. The Hall–Kier alpha value is -0.990. The van der Waals surface area contributed by atoms with Crippen molar-refractivity contribution in [2.75, 3.05) is 6.61 Å². The van der Waals surface area contributed by atoms with Crippen LogP contribution < -0.4 is 0 Å². The van der Waals surface area contributed by atoms with Crippen molar-refractivity contribution in [3.8, 4) is 0 Å². The van der Waals surface area contributed by atoms with Gasteiger partial charge in [0.05, 0.1) is 6.61 Å². The SMILES string of the molecule is CCOC(=O)/C=C/C1C(c2ccccc2)C1(Cl)Cl. The molecule has 2 unspecified atom stereocenters. The van der Waals surface area contributed by atoms with E-state index in [0.29, 0.717) is 6.61 Å². The van der Waals surface area contributed by atoms with E-state index in [4.69, 9.17) is 27.9 Å². The molecule has 0 radical (unpaired) electrons. The molecular formula is C14H14Cl2O2. The number of ether oxygens (including phenoxy) is 1. The van der Waals surface area contributed by atoms with E-state index in [1.165, 1.54) is 6.08 Å². The lowest BCUT2D eigenvalue weighted by Crippen LogP contribution is -1.99. The highest BCUT2D eigenvalue weighted by Gasteiger charge is 2.62. The number of carbonyl (C=O) groups excluding carboxylic acids is 1. The molecule has 0 spiro atoms. The molecule has 2 nitrogen and oxygen atoms in total. The van der Waals surface area contributed by atoms with E-state index in [1.807, 2.05) is 30.3 Å². The third-order valence-corrected chi connectivity index (χ3v) is 3.97. The smallest absolute Gasteiger partial charge is 0.330 e. The summed E-state index contributed by atoms with van der Waals surface area (Å²) in [6.07, 6.45) is 3.13. The van der Waals surface area contributed by atoms with E-state index in [-0.39, 0.29) is 17.8 Å². The van der Waals surface area contributed by atoms with E-state index >= 15 is 0 Å². The van der Waals surface area contributed by atoms with E-state index in [1.54, 1.807) is 13.0 Å². The van der Waals surface area contributed by atoms with Gasteiger partial charge in [0.25, 0.3) is 0 Å². The molecule has 2 atom stereocenters. The van der Waals surface area contributed by atoms with Crippen LogP contribution >= 0.6 is 23.2 Å². The van der Waals surface area contributed by atoms with Gasteiger partial charge in [0.2, 0.25) is 0 Å². The number of allylic oxidation sites excluding steroid dienone is 1. The largest absolute Gasteiger partial charge is 0.463 e. The number of carbonyl (C=O) groups is 1. The van der Waals surface area contributed by atoms with Crippen molar-refractivity contribution in [3.05, 3.63) is 48.0 Å². The van der Waals surface area contributed by atoms with Crippen LogP contribution in [0.15, 0.2) is 42.5 Å². The maximum absolute atomic E-state index is 11.2. The zero-order valence-electron chi connectivity index (χ0n) is 9.98. The molecule has 96 valence electrons. The number of benzene rings is 1. The summed E-state index contributed by atoms with van der Waals surface area (Å²) in [6.45, 7) is 2.13. The van der Waals surface area contributed by atoms with Crippen molar-refractivity contribution in [2.45, 2.75) is 17.2 Å². The predicted molar refractivity (Wildman–Crippen MR) is 72.9 cm³/mol. The Morgan fingerprint density at radius 1 is 1.39 bits per heavy atom. The van der Waals surface area contributed by atoms with Crippen molar-refractivity contribution >= 4 is 29.2 Å². The van der Waals surface area contributed by atoms with Crippen LogP contribution in [0.5, 0.6) is 0 Å². The molecule has 0 bridgehead atoms. The minimum Gasteiger partial charge on any atom is -0.463 e. The fraction of sp³-hybridized carbons (Fsp3) is 0.357. The average Bonchev–Trinajstić information content (AvgIpc) is 2.90. The zero-order valence-corrected chi connectivity index (χ0v) is 11.5. The van der Waals surface area contributed by atoms with Gasteiger partial charge in [-0.2, -0.15) is 0 Å². The molecule has 0 aliphatic heterocycles. The summed E-state index contributed by atoms with van der Waals surface area (Å²) in [5.74, 6) is -0.374. The molecule has 4 heteroatoms. The number of hydrogen-bond acceptors (Lipinski definition) is 2. The Kier molecular flexibility index (Phi) is 3.98. The van der Waals surface area contributed by atoms with Crippen molar-refractivity contribution < 1.29 is 9.53 Å². The summed E-state index contributed by atoms with van der Waals surface area (Å²) in [5.41, 5.74) is 1.08. The molecule has 0 heterocycles. The van der Waals surface area contributed by atoms with Crippen molar-refractivity contribution in [2.24, 2.45) is 5.92 Å². The van der Waals surface area contributed by atoms with Gasteiger partial charge in [-0.15, -0.1) is 23.2 Å². The Bertz CT molecular complexity index is 454. The van der Waals surface area contributed by atoms with Gasteiger partial charge in [0.15, 0.2) is 0 Å². The molecular weight excluding hydrogens is 271 g/mol. The summed E-state index contributed by atoms with van der Waals surface area (Å²) in [4.78, 5) is 11.2. The minimum atomic E-state index is -0.829. The zero-order chi connectivity index (χ0) is 13.2. The lowest BCUT2D eigenvalue weighted by Gasteiger charge is -1.98. The average molecular weight is 285 g/mol. The summed E-state index contributed by atoms with van der Waals surface area (Å²) in [7, 11) is 0. The van der Waals surface area contributed by atoms with Crippen LogP contribution in [0.2, 0.25) is 0 Å². The molecule has 0 amide bonds. The highest BCUT2D eigenvalue weighted by Crippen LogP contribution is 2.65. The molecule has 0 saturated heterocycles. The van der Waals surface area contributed by atoms with Crippen LogP contribution in [0.4, 0.5) is 0 Å². The normalized spacial score (nSPS) is 25.1. The first kappa shape index (κ1) is 13.4. The van der Waals surface area contributed by atoms with Crippen molar-refractivity contribution in [1.82, 2.24) is 0 Å². The first-order valence-corrected chi connectivity index (χ1v) is 6.60. The molecule has 1 saturated carbocycles. The van der Waals surface area contributed by atoms with Crippen LogP contribution in [0.1, 0.15) is 18.4 Å². The van der Waals surface area contributed by atoms with Gasteiger partial charge in [0.1, 0.15) is 4.33 Å². The monoisotopic (exact) mass is 284 g/mol. The fourth-order valence-electron chi connectivity index (χ4n) is 2.05. The van der Waals surface area contributed by atoms with E-state index in [2.05, 4.69) is 0 Å². The highest BCUT2D eigenvalue weighted by molar-refractivity contribution is 6.52. The van der Waals surface area contributed by atoms with Crippen LogP contribution in [0, 0.1) is 5.92 Å². The summed E-state index contributed by atoms with van der Waals surface area (Å²) in [6, 6.07) is 9.82. The van der Waals surface area contributed by atoms with Crippen molar-refractivity contribution in [3.63, 3.8) is 0 Å². The molecule has 1 aromatic rings. The molecule has 0 aromatic heterocycles. The maximum atomic E-state index is 11.2. The maximum Gasteiger partial charge on any atom is 0.330 e. The first-order chi connectivity index (χ1) is 8.57. The second kappa shape index (κ2) is 5.33. The van der Waals surface area contributed by atoms with Crippen molar-refractivity contribution in [1.29, 1.82) is 0 Å². The molecule has 1 aliphatic rings. The Balaban J connectivity index is 2.06. The number of alkyl halides is 2.